The number of nitro benzene ring substituents is 1. The molecule has 1 aromatic carbocycles. The lowest BCUT2D eigenvalue weighted by Crippen LogP contribution is -2.50. The Labute approximate surface area is 232 Å². The maximum atomic E-state index is 13.2. The monoisotopic (exact) mass is 571 g/mol. The molecule has 38 heavy (non-hydrogen) atoms. The molecule has 1 N–H and O–H groups in total. The Bertz CT molecular complexity index is 1470. The van der Waals surface area contributed by atoms with Gasteiger partial charge in [-0.3, -0.25) is 24.6 Å². The number of fused-ring (bicyclic) bond motifs is 2. The summed E-state index contributed by atoms with van der Waals surface area (Å²) in [6.45, 7) is 4.29. The van der Waals surface area contributed by atoms with Crippen molar-refractivity contribution in [3.05, 3.63) is 54.2 Å². The molecule has 3 aromatic rings. The summed E-state index contributed by atoms with van der Waals surface area (Å²) in [7, 11) is 0. The van der Waals surface area contributed by atoms with E-state index in [1.807, 2.05) is 4.90 Å². The Morgan fingerprint density at radius 2 is 2.03 bits per heavy atom. The van der Waals surface area contributed by atoms with Crippen molar-refractivity contribution in [1.29, 1.82) is 5.26 Å². The molecule has 12 heteroatoms. The van der Waals surface area contributed by atoms with Gasteiger partial charge in [-0.15, -0.1) is 22.7 Å². The zero-order chi connectivity index (χ0) is 27.0. The number of piperazine rings is 1. The number of hydrogen-bond donors (Lipinski definition) is 1. The first-order valence-corrected chi connectivity index (χ1v) is 14.5. The minimum absolute atomic E-state index is 0.0453. The molecule has 0 spiro atoms. The lowest BCUT2D eigenvalue weighted by Gasteiger charge is -2.34. The van der Waals surface area contributed by atoms with Crippen LogP contribution in [0.4, 0.5) is 10.7 Å². The predicted octanol–water partition coefficient (Wildman–Crippen LogP) is 5.31. The van der Waals surface area contributed by atoms with E-state index in [-0.39, 0.29) is 24.0 Å². The van der Waals surface area contributed by atoms with Gasteiger partial charge in [0.15, 0.2) is 0 Å². The van der Waals surface area contributed by atoms with Gasteiger partial charge in [0.2, 0.25) is 5.91 Å². The molecule has 2 aromatic heterocycles. The number of thiophene rings is 2. The van der Waals surface area contributed by atoms with Crippen LogP contribution in [0, 0.1) is 27.4 Å². The average Bonchev–Trinajstić information content (AvgIpc) is 3.43. The summed E-state index contributed by atoms with van der Waals surface area (Å²) < 4.78 is 0.597. The number of nitrogens with zero attached hydrogens (tertiary/aromatic N) is 4. The number of non-ortho nitro benzene ring substituents is 1. The fraction of sp³-hybridized carbons (Fsp3) is 0.423. The molecule has 1 aliphatic carbocycles. The number of benzene rings is 1. The highest BCUT2D eigenvalue weighted by Crippen LogP contribution is 2.40. The van der Waals surface area contributed by atoms with E-state index >= 15 is 0 Å². The predicted molar refractivity (Wildman–Crippen MR) is 149 cm³/mol. The number of carbonyl (C=O) groups excluding carboxylic acids is 2. The van der Waals surface area contributed by atoms with Gasteiger partial charge in [-0.1, -0.05) is 24.9 Å². The molecule has 2 aliphatic rings. The van der Waals surface area contributed by atoms with Gasteiger partial charge in [-0.05, 0) is 36.8 Å². The van der Waals surface area contributed by atoms with E-state index in [9.17, 15) is 25.0 Å². The summed E-state index contributed by atoms with van der Waals surface area (Å²) >= 11 is 9.15. The number of amides is 2. The van der Waals surface area contributed by atoms with E-state index in [1.165, 1.54) is 28.3 Å². The molecule has 0 bridgehead atoms. The van der Waals surface area contributed by atoms with Crippen LogP contribution in [0.15, 0.2) is 18.2 Å². The van der Waals surface area contributed by atoms with Crippen molar-refractivity contribution in [2.75, 3.05) is 38.0 Å². The molecule has 198 valence electrons. The summed E-state index contributed by atoms with van der Waals surface area (Å²) in [5, 5.41) is 25.3. The van der Waals surface area contributed by atoms with Gasteiger partial charge in [-0.2, -0.15) is 5.26 Å². The van der Waals surface area contributed by atoms with Crippen molar-refractivity contribution in [3.63, 3.8) is 0 Å². The van der Waals surface area contributed by atoms with E-state index in [1.54, 1.807) is 11.0 Å². The standard InChI is InChI=1S/C26H26ClN5O4S2/c1-2-15-3-5-17-19(13-28)25(38-20(17)11-15)29-22(33)14-30-7-9-31(10-8-30)26(34)24-23(27)18-6-4-16(32(35)36)12-21(18)37-24/h4,6,12,15H,2-3,5,7-11,14H2,1H3,(H,29,33). The van der Waals surface area contributed by atoms with Crippen LogP contribution in [0.25, 0.3) is 10.1 Å². The quantitative estimate of drug-likeness (QED) is 0.316. The first-order valence-electron chi connectivity index (χ1n) is 12.5. The second-order valence-corrected chi connectivity index (χ2v) is 12.2. The third-order valence-electron chi connectivity index (χ3n) is 7.35. The highest BCUT2D eigenvalue weighted by molar-refractivity contribution is 7.21. The molecule has 3 heterocycles. The maximum Gasteiger partial charge on any atom is 0.270 e. The summed E-state index contributed by atoms with van der Waals surface area (Å²) in [4.78, 5) is 41.9. The van der Waals surface area contributed by atoms with Crippen LogP contribution in [0.2, 0.25) is 5.02 Å². The van der Waals surface area contributed by atoms with E-state index in [4.69, 9.17) is 11.6 Å². The molecule has 9 nitrogen and oxygen atoms in total. The molecule has 2 amide bonds. The van der Waals surface area contributed by atoms with Crippen molar-refractivity contribution in [2.24, 2.45) is 5.92 Å². The Hall–Kier alpha value is -3.04. The Morgan fingerprint density at radius 1 is 1.26 bits per heavy atom. The summed E-state index contributed by atoms with van der Waals surface area (Å²) in [6, 6.07) is 6.68. The zero-order valence-corrected chi connectivity index (χ0v) is 23.2. The number of nitro groups is 1. The van der Waals surface area contributed by atoms with Crippen LogP contribution < -0.4 is 5.32 Å². The highest BCUT2D eigenvalue weighted by Gasteiger charge is 2.29. The van der Waals surface area contributed by atoms with Crippen LogP contribution in [-0.4, -0.2) is 59.3 Å². The van der Waals surface area contributed by atoms with Gasteiger partial charge < -0.3 is 10.2 Å². The summed E-state index contributed by atoms with van der Waals surface area (Å²) in [5.41, 5.74) is 1.66. The number of nitrogens with one attached hydrogen (secondary N) is 1. The molecule has 0 saturated carbocycles. The van der Waals surface area contributed by atoms with Crippen molar-refractivity contribution >= 4 is 66.9 Å². The van der Waals surface area contributed by atoms with Crippen molar-refractivity contribution in [2.45, 2.75) is 32.6 Å². The minimum Gasteiger partial charge on any atom is -0.335 e. The molecule has 1 fully saturated rings. The second-order valence-electron chi connectivity index (χ2n) is 9.64. The van der Waals surface area contributed by atoms with Crippen molar-refractivity contribution in [1.82, 2.24) is 9.80 Å². The van der Waals surface area contributed by atoms with Gasteiger partial charge >= 0.3 is 0 Å². The van der Waals surface area contributed by atoms with Gasteiger partial charge in [0.1, 0.15) is 15.9 Å². The molecule has 1 atom stereocenters. The van der Waals surface area contributed by atoms with Crippen LogP contribution in [0.1, 0.15) is 45.4 Å². The lowest BCUT2D eigenvalue weighted by molar-refractivity contribution is -0.384. The van der Waals surface area contributed by atoms with Crippen LogP contribution >= 0.6 is 34.3 Å². The first-order chi connectivity index (χ1) is 18.3. The molecule has 5 rings (SSSR count). The number of hydrogen-bond acceptors (Lipinski definition) is 8. The Balaban J connectivity index is 1.19. The minimum atomic E-state index is -0.473. The van der Waals surface area contributed by atoms with E-state index in [0.717, 1.165) is 42.6 Å². The number of carbonyl (C=O) groups is 2. The van der Waals surface area contributed by atoms with Gasteiger partial charge in [0.05, 0.1) is 22.1 Å². The van der Waals surface area contributed by atoms with Crippen LogP contribution in [0.3, 0.4) is 0 Å². The van der Waals surface area contributed by atoms with E-state index < -0.39 is 4.92 Å². The molecule has 1 saturated heterocycles. The SMILES string of the molecule is CCC1CCc2c(sc(NC(=O)CN3CCN(C(=O)c4sc5cc([N+](=O)[O-])ccc5c4Cl)CC3)c2C#N)C1. The van der Waals surface area contributed by atoms with Gasteiger partial charge in [-0.25, -0.2) is 0 Å². The smallest absolute Gasteiger partial charge is 0.270 e. The highest BCUT2D eigenvalue weighted by atomic mass is 35.5. The van der Waals surface area contributed by atoms with Crippen molar-refractivity contribution in [3.8, 4) is 6.07 Å². The van der Waals surface area contributed by atoms with Crippen LogP contribution in [-0.2, 0) is 17.6 Å². The van der Waals surface area contributed by atoms with Gasteiger partial charge in [0.25, 0.3) is 11.6 Å². The van der Waals surface area contributed by atoms with Crippen molar-refractivity contribution < 1.29 is 14.5 Å². The first kappa shape index (κ1) is 26.6. The van der Waals surface area contributed by atoms with Gasteiger partial charge in [0, 0.05) is 53.3 Å². The number of halogens is 1. The molecule has 1 aliphatic heterocycles. The van der Waals surface area contributed by atoms with Crippen LogP contribution in [0.5, 0.6) is 0 Å². The fourth-order valence-corrected chi connectivity index (χ4v) is 7.98. The Morgan fingerprint density at radius 3 is 2.71 bits per heavy atom. The third kappa shape index (κ3) is 5.14. The second kappa shape index (κ2) is 11.0. The molecular weight excluding hydrogens is 546 g/mol. The molecule has 1 unspecified atom stereocenters. The molecular formula is C26H26ClN5O4S2. The van der Waals surface area contributed by atoms with E-state index in [0.29, 0.717) is 62.6 Å². The average molecular weight is 572 g/mol. The lowest BCUT2D eigenvalue weighted by atomic mass is 9.86. The Kier molecular flexibility index (Phi) is 7.68. The summed E-state index contributed by atoms with van der Waals surface area (Å²) in [6.07, 6.45) is 4.06. The fourth-order valence-electron chi connectivity index (χ4n) is 5.14. The number of rotatable bonds is 6. The normalized spacial score (nSPS) is 17.7. The summed E-state index contributed by atoms with van der Waals surface area (Å²) in [5.74, 6) is 0.258. The third-order valence-corrected chi connectivity index (χ3v) is 10.2. The zero-order valence-electron chi connectivity index (χ0n) is 20.8. The molecule has 0 radical (unpaired) electrons. The number of nitriles is 1. The van der Waals surface area contributed by atoms with E-state index in [2.05, 4.69) is 18.3 Å². The number of anilines is 1. The largest absolute Gasteiger partial charge is 0.335 e. The topological polar surface area (TPSA) is 120 Å². The maximum absolute atomic E-state index is 13.2.